The molecule has 0 saturated heterocycles. The predicted octanol–water partition coefficient (Wildman–Crippen LogP) is 3.27. The van der Waals surface area contributed by atoms with Crippen molar-refractivity contribution in [1.82, 2.24) is 4.98 Å². The number of esters is 2. The van der Waals surface area contributed by atoms with Gasteiger partial charge in [0.15, 0.2) is 6.61 Å². The zero-order chi connectivity index (χ0) is 21.0. The molecule has 0 spiro atoms. The maximum atomic E-state index is 13.5. The van der Waals surface area contributed by atoms with Gasteiger partial charge in [-0.1, -0.05) is 0 Å². The predicted molar refractivity (Wildman–Crippen MR) is 96.1 cm³/mol. The molecule has 2 rings (SSSR count). The van der Waals surface area contributed by atoms with Gasteiger partial charge in [-0.2, -0.15) is 0 Å². The molecule has 7 nitrogen and oxygen atoms in total. The Bertz CT molecular complexity index is 921. The number of nitrogens with one attached hydrogen (secondary N) is 2. The van der Waals surface area contributed by atoms with Gasteiger partial charge in [0.2, 0.25) is 0 Å². The van der Waals surface area contributed by atoms with Crippen molar-refractivity contribution < 1.29 is 32.6 Å². The topological polar surface area (TPSA) is 97.5 Å². The van der Waals surface area contributed by atoms with E-state index in [1.165, 1.54) is 0 Å². The number of amides is 1. The van der Waals surface area contributed by atoms with Gasteiger partial charge in [0.1, 0.15) is 17.3 Å². The van der Waals surface area contributed by atoms with Gasteiger partial charge in [-0.25, -0.2) is 18.4 Å². The summed E-state index contributed by atoms with van der Waals surface area (Å²) in [6, 6.07) is 2.57. The van der Waals surface area contributed by atoms with E-state index in [1.54, 1.807) is 27.7 Å². The second-order valence-electron chi connectivity index (χ2n) is 6.33. The second kappa shape index (κ2) is 8.64. The molecule has 0 fully saturated rings. The summed E-state index contributed by atoms with van der Waals surface area (Å²) in [4.78, 5) is 38.9. The molecule has 2 N–H and O–H groups in total. The molecule has 1 aromatic heterocycles. The standard InChI is InChI=1S/C19H20F2N2O5/c1-9(2)28-18(25)16-10(3)17(22-11(16)4)19(26)27-8-15(24)23-14-7-12(20)5-6-13(14)21/h5-7,9,22H,8H2,1-4H3,(H,23,24). The van der Waals surface area contributed by atoms with Gasteiger partial charge in [0, 0.05) is 11.8 Å². The summed E-state index contributed by atoms with van der Waals surface area (Å²) in [6.07, 6.45) is -0.330. The molecule has 1 amide bonds. The summed E-state index contributed by atoms with van der Waals surface area (Å²) in [5.74, 6) is -3.87. The maximum Gasteiger partial charge on any atom is 0.355 e. The molecule has 0 saturated carbocycles. The van der Waals surface area contributed by atoms with Gasteiger partial charge in [-0.05, 0) is 45.4 Å². The highest BCUT2D eigenvalue weighted by Gasteiger charge is 2.25. The average molecular weight is 394 g/mol. The highest BCUT2D eigenvalue weighted by atomic mass is 19.1. The number of halogens is 2. The highest BCUT2D eigenvalue weighted by molar-refractivity contribution is 5.99. The van der Waals surface area contributed by atoms with E-state index in [9.17, 15) is 23.2 Å². The van der Waals surface area contributed by atoms with Crippen molar-refractivity contribution in [3.8, 4) is 0 Å². The smallest absolute Gasteiger partial charge is 0.355 e. The summed E-state index contributed by atoms with van der Waals surface area (Å²) in [5.41, 5.74) is 0.586. The van der Waals surface area contributed by atoms with Gasteiger partial charge in [0.25, 0.3) is 5.91 Å². The number of hydrogen-bond acceptors (Lipinski definition) is 5. The minimum Gasteiger partial charge on any atom is -0.459 e. The number of benzene rings is 1. The lowest BCUT2D eigenvalue weighted by Gasteiger charge is -2.09. The number of carbonyl (C=O) groups is 3. The van der Waals surface area contributed by atoms with Crippen LogP contribution in [0.15, 0.2) is 18.2 Å². The van der Waals surface area contributed by atoms with Gasteiger partial charge in [0.05, 0.1) is 17.4 Å². The third-order valence-corrected chi connectivity index (χ3v) is 3.73. The molecular weight excluding hydrogens is 374 g/mol. The molecule has 150 valence electrons. The van der Waals surface area contributed by atoms with Crippen LogP contribution >= 0.6 is 0 Å². The molecule has 0 aliphatic heterocycles. The number of aryl methyl sites for hydroxylation is 1. The Kier molecular flexibility index (Phi) is 6.50. The SMILES string of the molecule is Cc1[nH]c(C(=O)OCC(=O)Nc2cc(F)ccc2F)c(C)c1C(=O)OC(C)C. The first kappa shape index (κ1) is 21.1. The molecule has 0 bridgehead atoms. The number of anilines is 1. The molecule has 9 heteroatoms. The van der Waals surface area contributed by atoms with Crippen LogP contribution in [0.5, 0.6) is 0 Å². The van der Waals surface area contributed by atoms with Crippen LogP contribution < -0.4 is 5.32 Å². The van der Waals surface area contributed by atoms with Gasteiger partial charge in [-0.15, -0.1) is 0 Å². The lowest BCUT2D eigenvalue weighted by Crippen LogP contribution is -2.22. The average Bonchev–Trinajstić information content (AvgIpc) is 2.90. The summed E-state index contributed by atoms with van der Waals surface area (Å²) < 4.78 is 36.7. The normalized spacial score (nSPS) is 10.7. The molecule has 0 radical (unpaired) electrons. The van der Waals surface area contributed by atoms with Crippen LogP contribution in [-0.4, -0.2) is 35.5 Å². The lowest BCUT2D eigenvalue weighted by molar-refractivity contribution is -0.119. The third kappa shape index (κ3) is 4.93. The second-order valence-corrected chi connectivity index (χ2v) is 6.33. The number of aromatic nitrogens is 1. The largest absolute Gasteiger partial charge is 0.459 e. The quantitative estimate of drug-likeness (QED) is 0.733. The summed E-state index contributed by atoms with van der Waals surface area (Å²) in [7, 11) is 0. The molecule has 0 atom stereocenters. The van der Waals surface area contributed by atoms with Gasteiger partial charge in [-0.3, -0.25) is 4.79 Å². The van der Waals surface area contributed by atoms with Crippen LogP contribution in [0, 0.1) is 25.5 Å². The zero-order valence-electron chi connectivity index (χ0n) is 15.8. The van der Waals surface area contributed by atoms with E-state index in [0.717, 1.165) is 18.2 Å². The van der Waals surface area contributed by atoms with Crippen LogP contribution in [0.4, 0.5) is 14.5 Å². The van der Waals surface area contributed by atoms with Crippen LogP contribution in [0.1, 0.15) is 46.0 Å². The first-order valence-corrected chi connectivity index (χ1v) is 8.42. The fourth-order valence-corrected chi connectivity index (χ4v) is 2.52. The number of carbonyl (C=O) groups excluding carboxylic acids is 3. The zero-order valence-corrected chi connectivity index (χ0v) is 15.8. The van der Waals surface area contributed by atoms with Crippen LogP contribution in [-0.2, 0) is 14.3 Å². The molecule has 28 heavy (non-hydrogen) atoms. The van der Waals surface area contributed by atoms with Crippen molar-refractivity contribution in [2.24, 2.45) is 0 Å². The Morgan fingerprint density at radius 2 is 1.82 bits per heavy atom. The van der Waals surface area contributed by atoms with Crippen LogP contribution in [0.2, 0.25) is 0 Å². The van der Waals surface area contributed by atoms with Gasteiger partial charge >= 0.3 is 11.9 Å². The van der Waals surface area contributed by atoms with Gasteiger partial charge < -0.3 is 19.8 Å². The number of hydrogen-bond donors (Lipinski definition) is 2. The van der Waals surface area contributed by atoms with E-state index in [0.29, 0.717) is 11.3 Å². The molecule has 0 aliphatic carbocycles. The van der Waals surface area contributed by atoms with Crippen LogP contribution in [0.3, 0.4) is 0 Å². The Labute approximate surface area is 160 Å². The summed E-state index contributed by atoms with van der Waals surface area (Å²) in [5, 5.41) is 2.11. The Hall–Kier alpha value is -3.23. The van der Waals surface area contributed by atoms with Crippen molar-refractivity contribution >= 4 is 23.5 Å². The minimum atomic E-state index is -0.876. The summed E-state index contributed by atoms with van der Waals surface area (Å²) >= 11 is 0. The number of H-pyrrole nitrogens is 1. The van der Waals surface area contributed by atoms with E-state index in [1.807, 2.05) is 0 Å². The Morgan fingerprint density at radius 1 is 1.14 bits per heavy atom. The fourth-order valence-electron chi connectivity index (χ4n) is 2.52. The molecule has 1 aromatic carbocycles. The van der Waals surface area contributed by atoms with Crippen molar-refractivity contribution in [2.45, 2.75) is 33.8 Å². The van der Waals surface area contributed by atoms with E-state index in [4.69, 9.17) is 9.47 Å². The monoisotopic (exact) mass is 394 g/mol. The fraction of sp³-hybridized carbons (Fsp3) is 0.316. The maximum absolute atomic E-state index is 13.5. The van der Waals surface area contributed by atoms with Crippen LogP contribution in [0.25, 0.3) is 0 Å². The molecule has 0 unspecified atom stereocenters. The van der Waals surface area contributed by atoms with Crippen molar-refractivity contribution in [1.29, 1.82) is 0 Å². The number of rotatable bonds is 6. The van der Waals surface area contributed by atoms with E-state index in [-0.39, 0.29) is 23.0 Å². The summed E-state index contributed by atoms with van der Waals surface area (Å²) in [6.45, 7) is 5.81. The molecule has 1 heterocycles. The Morgan fingerprint density at radius 3 is 2.46 bits per heavy atom. The molecule has 0 aliphatic rings. The first-order chi connectivity index (χ1) is 13.1. The third-order valence-electron chi connectivity index (χ3n) is 3.73. The molecule has 2 aromatic rings. The first-order valence-electron chi connectivity index (χ1n) is 8.42. The van der Waals surface area contributed by atoms with E-state index in [2.05, 4.69) is 10.3 Å². The van der Waals surface area contributed by atoms with E-state index < -0.39 is 36.1 Å². The van der Waals surface area contributed by atoms with E-state index >= 15 is 0 Å². The highest BCUT2D eigenvalue weighted by Crippen LogP contribution is 2.20. The van der Waals surface area contributed by atoms with Crippen molar-refractivity contribution in [3.05, 3.63) is 52.3 Å². The Balaban J connectivity index is 2.04. The van der Waals surface area contributed by atoms with Crippen molar-refractivity contribution in [2.75, 3.05) is 11.9 Å². The number of ether oxygens (including phenoxy) is 2. The number of aromatic amines is 1. The lowest BCUT2D eigenvalue weighted by atomic mass is 10.1. The van der Waals surface area contributed by atoms with Crippen molar-refractivity contribution in [3.63, 3.8) is 0 Å². The molecular formula is C19H20F2N2O5. The minimum absolute atomic E-state index is 0.00191.